The maximum atomic E-state index is 12.2. The predicted molar refractivity (Wildman–Crippen MR) is 106 cm³/mol. The van der Waals surface area contributed by atoms with Crippen molar-refractivity contribution in [2.75, 3.05) is 40.7 Å². The Morgan fingerprint density at radius 2 is 1.83 bits per heavy atom. The zero-order valence-corrected chi connectivity index (χ0v) is 17.8. The second-order valence-corrected chi connectivity index (χ2v) is 8.77. The Balaban J connectivity index is 1.84. The van der Waals surface area contributed by atoms with Gasteiger partial charge in [-0.1, -0.05) is 5.16 Å². The second-order valence-electron chi connectivity index (χ2n) is 6.79. The summed E-state index contributed by atoms with van der Waals surface area (Å²) >= 11 is 0. The Kier molecular flexibility index (Phi) is 6.66. The molecule has 0 radical (unpaired) electrons. The van der Waals surface area contributed by atoms with Crippen molar-refractivity contribution in [2.45, 2.75) is 25.5 Å². The van der Waals surface area contributed by atoms with E-state index in [0.717, 1.165) is 12.8 Å². The molecule has 1 saturated heterocycles. The van der Waals surface area contributed by atoms with Gasteiger partial charge in [-0.05, 0) is 25.0 Å². The molecule has 2 heterocycles. The summed E-state index contributed by atoms with van der Waals surface area (Å²) in [4.78, 5) is 0. The molecule has 9 nitrogen and oxygen atoms in total. The summed E-state index contributed by atoms with van der Waals surface area (Å²) in [5.41, 5.74) is 1.17. The lowest BCUT2D eigenvalue weighted by atomic mass is 10.1. The van der Waals surface area contributed by atoms with Gasteiger partial charge in [0.25, 0.3) is 0 Å². The molecule has 1 fully saturated rings. The van der Waals surface area contributed by atoms with Gasteiger partial charge >= 0.3 is 0 Å². The van der Waals surface area contributed by atoms with E-state index < -0.39 is 10.0 Å². The Labute approximate surface area is 170 Å². The number of nitrogens with zero attached hydrogens (tertiary/aromatic N) is 2. The number of aromatic nitrogens is 1. The number of benzene rings is 1. The lowest BCUT2D eigenvalue weighted by Crippen LogP contribution is -2.36. The molecular weight excluding hydrogens is 400 g/mol. The molecule has 1 aliphatic heterocycles. The summed E-state index contributed by atoms with van der Waals surface area (Å²) in [6.45, 7) is 1.06. The minimum absolute atomic E-state index is 0.0915. The molecule has 160 valence electrons. The van der Waals surface area contributed by atoms with Crippen LogP contribution in [-0.4, -0.2) is 64.7 Å². The summed E-state index contributed by atoms with van der Waals surface area (Å²) in [6, 6.07) is 5.19. The maximum absolute atomic E-state index is 12.2. The van der Waals surface area contributed by atoms with E-state index in [-0.39, 0.29) is 12.6 Å². The van der Waals surface area contributed by atoms with Crippen molar-refractivity contribution >= 4 is 10.0 Å². The zero-order chi connectivity index (χ0) is 21.0. The molecule has 0 bridgehead atoms. The van der Waals surface area contributed by atoms with Crippen LogP contribution < -0.4 is 14.2 Å². The third kappa shape index (κ3) is 5.01. The van der Waals surface area contributed by atoms with Crippen LogP contribution in [0.5, 0.6) is 17.2 Å². The van der Waals surface area contributed by atoms with Crippen molar-refractivity contribution < 1.29 is 31.9 Å². The average molecular weight is 426 g/mol. The molecule has 1 unspecified atom stereocenters. The summed E-state index contributed by atoms with van der Waals surface area (Å²) < 4.78 is 52.8. The van der Waals surface area contributed by atoms with Gasteiger partial charge in [0, 0.05) is 24.8 Å². The number of hydrogen-bond donors (Lipinski definition) is 0. The van der Waals surface area contributed by atoms with Gasteiger partial charge in [-0.15, -0.1) is 0 Å². The van der Waals surface area contributed by atoms with Crippen molar-refractivity contribution in [3.8, 4) is 28.6 Å². The Morgan fingerprint density at radius 1 is 1.14 bits per heavy atom. The number of methoxy groups -OCH3 is 3. The molecular formula is C19H26N2O7S. The van der Waals surface area contributed by atoms with Gasteiger partial charge < -0.3 is 23.5 Å². The lowest BCUT2D eigenvalue weighted by Gasteiger charge is -2.21. The lowest BCUT2D eigenvalue weighted by molar-refractivity contribution is 0.0923. The van der Waals surface area contributed by atoms with Crippen LogP contribution in [-0.2, 0) is 21.3 Å². The molecule has 1 aliphatic rings. The van der Waals surface area contributed by atoms with Crippen molar-refractivity contribution in [1.29, 1.82) is 0 Å². The van der Waals surface area contributed by atoms with Gasteiger partial charge in [0.2, 0.25) is 15.8 Å². The maximum Gasteiger partial charge on any atom is 0.211 e. The molecule has 29 heavy (non-hydrogen) atoms. The van der Waals surface area contributed by atoms with Crippen molar-refractivity contribution in [3.63, 3.8) is 0 Å². The normalized spacial score (nSPS) is 16.9. The van der Waals surface area contributed by atoms with Gasteiger partial charge in [0.05, 0.1) is 45.9 Å². The highest BCUT2D eigenvalue weighted by molar-refractivity contribution is 7.88. The van der Waals surface area contributed by atoms with Gasteiger partial charge in [0.15, 0.2) is 17.3 Å². The molecule has 1 atom stereocenters. The average Bonchev–Trinajstić information content (AvgIpc) is 3.37. The van der Waals surface area contributed by atoms with E-state index in [4.69, 9.17) is 23.5 Å². The fraction of sp³-hybridized carbons (Fsp3) is 0.526. The van der Waals surface area contributed by atoms with Gasteiger partial charge in [-0.25, -0.2) is 8.42 Å². The van der Waals surface area contributed by atoms with Crippen molar-refractivity contribution in [2.24, 2.45) is 0 Å². The molecule has 3 rings (SSSR count). The van der Waals surface area contributed by atoms with E-state index in [1.807, 2.05) is 0 Å². The Hall–Kier alpha value is -2.30. The summed E-state index contributed by atoms with van der Waals surface area (Å²) in [5.74, 6) is 1.90. The highest BCUT2D eigenvalue weighted by atomic mass is 32.2. The van der Waals surface area contributed by atoms with Crippen LogP contribution in [0.25, 0.3) is 11.3 Å². The molecule has 0 N–H and O–H groups in total. The SMILES string of the molecule is COc1cc(-c2cc(CN(CC3CCCO3)S(C)(=O)=O)no2)cc(OC)c1OC. The molecule has 0 spiro atoms. The molecule has 1 aromatic heterocycles. The van der Waals surface area contributed by atoms with Crippen molar-refractivity contribution in [3.05, 3.63) is 23.9 Å². The van der Waals surface area contributed by atoms with Crippen LogP contribution in [0.4, 0.5) is 0 Å². The second kappa shape index (κ2) is 9.02. The topological polar surface area (TPSA) is 100 Å². The summed E-state index contributed by atoms with van der Waals surface area (Å²) in [6.07, 6.45) is 2.88. The van der Waals surface area contributed by atoms with E-state index >= 15 is 0 Å². The van der Waals surface area contributed by atoms with Crippen LogP contribution >= 0.6 is 0 Å². The van der Waals surface area contributed by atoms with Crippen molar-refractivity contribution in [1.82, 2.24) is 9.46 Å². The van der Waals surface area contributed by atoms with Crippen LogP contribution in [0.15, 0.2) is 22.7 Å². The summed E-state index contributed by atoms with van der Waals surface area (Å²) in [7, 11) is 1.17. The van der Waals surface area contributed by atoms with Crippen LogP contribution in [0, 0.1) is 0 Å². The predicted octanol–water partition coefficient (Wildman–Crippen LogP) is 2.31. The first-order chi connectivity index (χ1) is 13.9. The third-order valence-corrected chi connectivity index (χ3v) is 5.96. The number of rotatable bonds is 9. The number of hydrogen-bond acceptors (Lipinski definition) is 8. The smallest absolute Gasteiger partial charge is 0.211 e. The Bertz CT molecular complexity index is 911. The van der Waals surface area contributed by atoms with Gasteiger partial charge in [-0.2, -0.15) is 4.31 Å². The fourth-order valence-electron chi connectivity index (χ4n) is 3.26. The van der Waals surface area contributed by atoms with E-state index in [0.29, 0.717) is 47.4 Å². The van der Waals surface area contributed by atoms with E-state index in [9.17, 15) is 8.42 Å². The van der Waals surface area contributed by atoms with Gasteiger partial charge in [0.1, 0.15) is 0 Å². The zero-order valence-electron chi connectivity index (χ0n) is 17.0. The number of sulfonamides is 1. The highest BCUT2D eigenvalue weighted by Gasteiger charge is 2.26. The molecule has 0 amide bonds. The van der Waals surface area contributed by atoms with Gasteiger partial charge in [-0.3, -0.25) is 0 Å². The fourth-order valence-corrected chi connectivity index (χ4v) is 4.06. The first kappa shape index (κ1) is 21.4. The monoisotopic (exact) mass is 426 g/mol. The van der Waals surface area contributed by atoms with E-state index in [2.05, 4.69) is 5.16 Å². The third-order valence-electron chi connectivity index (χ3n) is 4.75. The molecule has 2 aromatic rings. The highest BCUT2D eigenvalue weighted by Crippen LogP contribution is 2.41. The van der Waals surface area contributed by atoms with E-state index in [1.54, 1.807) is 18.2 Å². The Morgan fingerprint density at radius 3 is 2.34 bits per heavy atom. The molecule has 10 heteroatoms. The minimum atomic E-state index is -3.42. The first-order valence-corrected chi connectivity index (χ1v) is 11.0. The van der Waals surface area contributed by atoms with Crippen LogP contribution in [0.3, 0.4) is 0 Å². The molecule has 1 aromatic carbocycles. The summed E-state index contributed by atoms with van der Waals surface area (Å²) in [5, 5.41) is 4.04. The quantitative estimate of drug-likeness (QED) is 0.602. The van der Waals surface area contributed by atoms with Crippen LogP contribution in [0.1, 0.15) is 18.5 Å². The molecule has 0 saturated carbocycles. The van der Waals surface area contributed by atoms with E-state index in [1.165, 1.54) is 31.9 Å². The largest absolute Gasteiger partial charge is 0.493 e. The standard InChI is InChI=1S/C19H26N2O7S/c1-24-17-8-13(9-18(25-2)19(17)26-3)16-10-14(20-28-16)11-21(29(4,22)23)12-15-6-5-7-27-15/h8-10,15H,5-7,11-12H2,1-4H3. The number of ether oxygens (including phenoxy) is 4. The molecule has 0 aliphatic carbocycles. The van der Waals surface area contributed by atoms with Crippen LogP contribution in [0.2, 0.25) is 0 Å². The minimum Gasteiger partial charge on any atom is -0.493 e. The first-order valence-electron chi connectivity index (χ1n) is 9.18.